The van der Waals surface area contributed by atoms with E-state index in [1.54, 1.807) is 0 Å². The van der Waals surface area contributed by atoms with Crippen molar-refractivity contribution in [2.75, 3.05) is 13.2 Å². The van der Waals surface area contributed by atoms with E-state index in [1.807, 2.05) is 31.2 Å². The first-order valence-electron chi connectivity index (χ1n) is 6.98. The van der Waals surface area contributed by atoms with Crippen LogP contribution < -0.4 is 9.47 Å². The number of para-hydroxylation sites is 1. The largest absolute Gasteiger partial charge is 0.494 e. The van der Waals surface area contributed by atoms with Crippen molar-refractivity contribution >= 4 is 31.9 Å². The van der Waals surface area contributed by atoms with E-state index in [1.165, 1.54) is 11.1 Å². The molecule has 2 aromatic carbocycles. The summed E-state index contributed by atoms with van der Waals surface area (Å²) in [7, 11) is 0. The van der Waals surface area contributed by atoms with Crippen molar-refractivity contribution in [1.82, 2.24) is 0 Å². The average Bonchev–Trinajstić information content (AvgIpc) is 2.91. The van der Waals surface area contributed by atoms with E-state index >= 15 is 0 Å². The minimum atomic E-state index is 0.200. The molecular formula is C17H16Br2O2. The van der Waals surface area contributed by atoms with Gasteiger partial charge in [0, 0.05) is 16.0 Å². The second-order valence-corrected chi connectivity index (χ2v) is 6.81. The second kappa shape index (κ2) is 6.41. The van der Waals surface area contributed by atoms with Gasteiger partial charge in [0.25, 0.3) is 0 Å². The van der Waals surface area contributed by atoms with Gasteiger partial charge < -0.3 is 9.47 Å². The van der Waals surface area contributed by atoms with Crippen LogP contribution in [0.4, 0.5) is 0 Å². The Bertz CT molecular complexity index is 642. The summed E-state index contributed by atoms with van der Waals surface area (Å²) in [5.74, 6) is 2.19. The van der Waals surface area contributed by atoms with Gasteiger partial charge in [0.15, 0.2) is 0 Å². The first-order chi connectivity index (χ1) is 10.2. The molecule has 1 aliphatic rings. The average molecular weight is 412 g/mol. The second-order valence-electron chi connectivity index (χ2n) is 4.97. The van der Waals surface area contributed by atoms with Crippen LogP contribution in [0.15, 0.2) is 46.9 Å². The predicted octanol–water partition coefficient (Wildman–Crippen LogP) is 5.46. The molecule has 0 aliphatic carbocycles. The maximum absolute atomic E-state index is 5.79. The molecule has 0 spiro atoms. The third-order valence-electron chi connectivity index (χ3n) is 3.67. The first kappa shape index (κ1) is 14.9. The summed E-state index contributed by atoms with van der Waals surface area (Å²) in [6.07, 6.45) is 0. The first-order valence-corrected chi connectivity index (χ1v) is 8.69. The van der Waals surface area contributed by atoms with E-state index in [0.29, 0.717) is 19.1 Å². The van der Waals surface area contributed by atoms with Gasteiger partial charge in [-0.1, -0.05) is 56.1 Å². The molecule has 0 saturated heterocycles. The predicted molar refractivity (Wildman–Crippen MR) is 91.7 cm³/mol. The van der Waals surface area contributed by atoms with Crippen LogP contribution in [-0.4, -0.2) is 13.2 Å². The molecule has 0 N–H and O–H groups in total. The zero-order valence-corrected chi connectivity index (χ0v) is 14.9. The van der Waals surface area contributed by atoms with Gasteiger partial charge in [0.1, 0.15) is 11.5 Å². The molecule has 1 aliphatic heterocycles. The standard InChI is InChI=1S/C17H16Br2O2/c1-2-20-11-7-8-13(15(18)9-11)17(19)14-10-21-16-6-4-3-5-12(14)16/h3-9,14,17H,2,10H2,1H3. The van der Waals surface area contributed by atoms with Crippen molar-refractivity contribution in [3.8, 4) is 11.5 Å². The lowest BCUT2D eigenvalue weighted by atomic mass is 9.93. The highest BCUT2D eigenvalue weighted by molar-refractivity contribution is 9.11. The van der Waals surface area contributed by atoms with Gasteiger partial charge in [0.05, 0.1) is 18.0 Å². The lowest BCUT2D eigenvalue weighted by Gasteiger charge is -2.19. The Balaban J connectivity index is 1.88. The molecule has 2 nitrogen and oxygen atoms in total. The van der Waals surface area contributed by atoms with Gasteiger partial charge in [-0.3, -0.25) is 0 Å². The summed E-state index contributed by atoms with van der Waals surface area (Å²) < 4.78 is 12.4. The highest BCUT2D eigenvalue weighted by Crippen LogP contribution is 2.47. The molecule has 0 radical (unpaired) electrons. The van der Waals surface area contributed by atoms with Crippen molar-refractivity contribution in [3.05, 3.63) is 58.1 Å². The fraction of sp³-hybridized carbons (Fsp3) is 0.294. The highest BCUT2D eigenvalue weighted by atomic mass is 79.9. The molecule has 4 heteroatoms. The van der Waals surface area contributed by atoms with Crippen LogP contribution in [0, 0.1) is 0 Å². The molecule has 2 atom stereocenters. The molecule has 1 heterocycles. The van der Waals surface area contributed by atoms with Crippen LogP contribution in [0.3, 0.4) is 0 Å². The van der Waals surface area contributed by atoms with E-state index in [9.17, 15) is 0 Å². The molecule has 0 aromatic heterocycles. The van der Waals surface area contributed by atoms with Crippen LogP contribution in [0.1, 0.15) is 28.8 Å². The van der Waals surface area contributed by atoms with Crippen LogP contribution in [-0.2, 0) is 0 Å². The fourth-order valence-corrected chi connectivity index (χ4v) is 4.38. The molecule has 2 unspecified atom stereocenters. The number of ether oxygens (including phenoxy) is 2. The normalized spacial score (nSPS) is 18.0. The Hall–Kier alpha value is -1.00. The Morgan fingerprint density at radius 2 is 2.10 bits per heavy atom. The van der Waals surface area contributed by atoms with Gasteiger partial charge in [-0.05, 0) is 30.7 Å². The summed E-state index contributed by atoms with van der Waals surface area (Å²) in [5.41, 5.74) is 2.48. The molecule has 0 amide bonds. The van der Waals surface area contributed by atoms with Crippen LogP contribution in [0.5, 0.6) is 11.5 Å². The maximum atomic E-state index is 5.79. The number of fused-ring (bicyclic) bond motifs is 1. The molecule has 0 bridgehead atoms. The topological polar surface area (TPSA) is 18.5 Å². The van der Waals surface area contributed by atoms with Crippen LogP contribution >= 0.6 is 31.9 Å². The van der Waals surface area contributed by atoms with Crippen molar-refractivity contribution in [2.45, 2.75) is 17.7 Å². The van der Waals surface area contributed by atoms with E-state index in [-0.39, 0.29) is 4.83 Å². The molecule has 2 aromatic rings. The Morgan fingerprint density at radius 3 is 2.86 bits per heavy atom. The fourth-order valence-electron chi connectivity index (χ4n) is 2.63. The van der Waals surface area contributed by atoms with Crippen molar-refractivity contribution in [1.29, 1.82) is 0 Å². The number of halogens is 2. The van der Waals surface area contributed by atoms with E-state index < -0.39 is 0 Å². The Labute approximate surface area is 141 Å². The zero-order valence-electron chi connectivity index (χ0n) is 11.7. The number of benzene rings is 2. The lowest BCUT2D eigenvalue weighted by molar-refractivity contribution is 0.329. The number of hydrogen-bond donors (Lipinski definition) is 0. The summed E-state index contributed by atoms with van der Waals surface area (Å²) in [6.45, 7) is 3.37. The lowest BCUT2D eigenvalue weighted by Crippen LogP contribution is -2.08. The summed E-state index contributed by atoms with van der Waals surface area (Å²) in [4.78, 5) is 0.200. The SMILES string of the molecule is CCOc1ccc(C(Br)C2COc3ccccc32)c(Br)c1. The monoisotopic (exact) mass is 410 g/mol. The smallest absolute Gasteiger partial charge is 0.122 e. The highest BCUT2D eigenvalue weighted by Gasteiger charge is 2.31. The number of rotatable bonds is 4. The van der Waals surface area contributed by atoms with Crippen LogP contribution in [0.2, 0.25) is 0 Å². The van der Waals surface area contributed by atoms with Crippen molar-refractivity contribution < 1.29 is 9.47 Å². The zero-order chi connectivity index (χ0) is 14.8. The number of alkyl halides is 1. The van der Waals surface area contributed by atoms with Crippen molar-refractivity contribution in [3.63, 3.8) is 0 Å². The molecule has 0 saturated carbocycles. The van der Waals surface area contributed by atoms with Gasteiger partial charge >= 0.3 is 0 Å². The van der Waals surface area contributed by atoms with Gasteiger partial charge in [0.2, 0.25) is 0 Å². The Morgan fingerprint density at radius 1 is 1.29 bits per heavy atom. The van der Waals surface area contributed by atoms with Gasteiger partial charge in [-0.25, -0.2) is 0 Å². The number of hydrogen-bond acceptors (Lipinski definition) is 2. The van der Waals surface area contributed by atoms with E-state index in [0.717, 1.165) is 16.0 Å². The van der Waals surface area contributed by atoms with E-state index in [4.69, 9.17) is 9.47 Å². The minimum absolute atomic E-state index is 0.200. The molecule has 21 heavy (non-hydrogen) atoms. The van der Waals surface area contributed by atoms with Crippen LogP contribution in [0.25, 0.3) is 0 Å². The molecule has 0 fully saturated rings. The third-order valence-corrected chi connectivity index (χ3v) is 5.49. The molecule has 110 valence electrons. The molecular weight excluding hydrogens is 396 g/mol. The maximum Gasteiger partial charge on any atom is 0.122 e. The Kier molecular flexibility index (Phi) is 4.55. The quantitative estimate of drug-likeness (QED) is 0.622. The summed E-state index contributed by atoms with van der Waals surface area (Å²) in [5, 5.41) is 0. The minimum Gasteiger partial charge on any atom is -0.494 e. The van der Waals surface area contributed by atoms with Gasteiger partial charge in [-0.15, -0.1) is 0 Å². The van der Waals surface area contributed by atoms with E-state index in [2.05, 4.69) is 50.1 Å². The molecule has 3 rings (SSSR count). The summed E-state index contributed by atoms with van der Waals surface area (Å²) in [6, 6.07) is 14.4. The van der Waals surface area contributed by atoms with Gasteiger partial charge in [-0.2, -0.15) is 0 Å². The van der Waals surface area contributed by atoms with Crippen molar-refractivity contribution in [2.24, 2.45) is 0 Å². The third kappa shape index (κ3) is 2.97. The summed E-state index contributed by atoms with van der Waals surface area (Å²) >= 11 is 7.50.